The zero-order valence-electron chi connectivity index (χ0n) is 20.7. The lowest BCUT2D eigenvalue weighted by molar-refractivity contribution is -0.0505. The molecular formula is C28H31F2N3O3. The maximum absolute atomic E-state index is 13.3. The first kappa shape index (κ1) is 23.4. The molecule has 0 radical (unpaired) electrons. The van der Waals surface area contributed by atoms with Gasteiger partial charge in [-0.2, -0.15) is 13.9 Å². The van der Waals surface area contributed by atoms with Gasteiger partial charge < -0.3 is 14.7 Å². The number of halogens is 2. The van der Waals surface area contributed by atoms with Crippen LogP contribution in [0.5, 0.6) is 5.75 Å². The van der Waals surface area contributed by atoms with Crippen molar-refractivity contribution in [2.45, 2.75) is 76.0 Å². The number of amides is 1. The molecule has 190 valence electrons. The first-order valence-electron chi connectivity index (χ1n) is 12.7. The van der Waals surface area contributed by atoms with E-state index in [2.05, 4.69) is 12.1 Å². The van der Waals surface area contributed by atoms with E-state index in [1.807, 2.05) is 24.6 Å². The Morgan fingerprint density at radius 3 is 2.58 bits per heavy atom. The van der Waals surface area contributed by atoms with Crippen LogP contribution in [0.15, 0.2) is 36.5 Å². The van der Waals surface area contributed by atoms with Gasteiger partial charge >= 0.3 is 6.61 Å². The zero-order valence-corrected chi connectivity index (χ0v) is 20.7. The van der Waals surface area contributed by atoms with Crippen molar-refractivity contribution >= 4 is 11.4 Å². The van der Waals surface area contributed by atoms with E-state index in [0.717, 1.165) is 42.5 Å². The Balaban J connectivity index is 1.44. The van der Waals surface area contributed by atoms with Crippen molar-refractivity contribution in [2.75, 3.05) is 7.05 Å². The maximum Gasteiger partial charge on any atom is 0.387 e. The molecule has 2 aliphatic carbocycles. The Bertz CT molecular complexity index is 1340. The van der Waals surface area contributed by atoms with E-state index < -0.39 is 12.2 Å². The Morgan fingerprint density at radius 1 is 1.14 bits per heavy atom. The molecule has 1 fully saturated rings. The van der Waals surface area contributed by atoms with E-state index in [1.54, 1.807) is 24.1 Å². The van der Waals surface area contributed by atoms with Crippen LogP contribution >= 0.6 is 0 Å². The van der Waals surface area contributed by atoms with Crippen LogP contribution in [0.2, 0.25) is 0 Å². The molecule has 2 atom stereocenters. The van der Waals surface area contributed by atoms with Crippen molar-refractivity contribution in [1.82, 2.24) is 14.5 Å². The van der Waals surface area contributed by atoms with E-state index in [4.69, 9.17) is 9.84 Å². The fourth-order valence-electron chi connectivity index (χ4n) is 6.77. The van der Waals surface area contributed by atoms with Crippen LogP contribution in [0, 0.1) is 5.92 Å². The number of fused-ring (bicyclic) bond motifs is 9. The van der Waals surface area contributed by atoms with Gasteiger partial charge in [-0.25, -0.2) is 4.52 Å². The van der Waals surface area contributed by atoms with E-state index in [0.29, 0.717) is 29.4 Å². The number of aliphatic hydroxyl groups is 1. The number of nitrogens with zero attached hydrogens (tertiary/aromatic N) is 3. The highest BCUT2D eigenvalue weighted by atomic mass is 19.3. The summed E-state index contributed by atoms with van der Waals surface area (Å²) in [5.74, 6) is 0.296. The summed E-state index contributed by atoms with van der Waals surface area (Å²) < 4.78 is 33.4. The number of pyridine rings is 1. The number of carbonyl (C=O) groups excluding carboxylic acids is 1. The van der Waals surface area contributed by atoms with Gasteiger partial charge in [-0.3, -0.25) is 4.79 Å². The second-order valence-electron chi connectivity index (χ2n) is 11.1. The molecule has 3 heterocycles. The van der Waals surface area contributed by atoms with Crippen LogP contribution in [0.3, 0.4) is 0 Å². The average molecular weight is 496 g/mol. The largest absolute Gasteiger partial charge is 0.434 e. The number of benzene rings is 1. The summed E-state index contributed by atoms with van der Waals surface area (Å²) in [5.41, 5.74) is 4.30. The quantitative estimate of drug-likeness (QED) is 0.509. The van der Waals surface area contributed by atoms with E-state index in [9.17, 15) is 18.7 Å². The molecule has 0 saturated heterocycles. The second kappa shape index (κ2) is 8.26. The minimum Gasteiger partial charge on any atom is -0.434 e. The molecular weight excluding hydrogens is 464 g/mol. The molecule has 3 aromatic rings. The highest BCUT2D eigenvalue weighted by Crippen LogP contribution is 2.53. The lowest BCUT2D eigenvalue weighted by Crippen LogP contribution is -2.33. The SMILES string of the molecule is CN1C(=O)c2cccc(OC(F)F)c2C2CC1c1nn3ccc(C4CCC(C(C)(C)O)CC4)cc3c12. The number of carbonyl (C=O) groups is 1. The molecule has 2 aromatic heterocycles. The zero-order chi connectivity index (χ0) is 25.4. The number of hydrogen-bond donors (Lipinski definition) is 1. The Kier molecular flexibility index (Phi) is 5.37. The van der Waals surface area contributed by atoms with Crippen molar-refractivity contribution in [1.29, 1.82) is 0 Å². The predicted molar refractivity (Wildman–Crippen MR) is 131 cm³/mol. The lowest BCUT2D eigenvalue weighted by atomic mass is 9.73. The van der Waals surface area contributed by atoms with Crippen molar-refractivity contribution in [3.63, 3.8) is 0 Å². The fourth-order valence-corrected chi connectivity index (χ4v) is 6.77. The van der Waals surface area contributed by atoms with Crippen LogP contribution in [0.4, 0.5) is 8.78 Å². The van der Waals surface area contributed by atoms with Gasteiger partial charge in [0.25, 0.3) is 5.91 Å². The lowest BCUT2D eigenvalue weighted by Gasteiger charge is -2.36. The number of alkyl halides is 2. The summed E-state index contributed by atoms with van der Waals surface area (Å²) in [7, 11) is 1.76. The monoisotopic (exact) mass is 495 g/mol. The molecule has 1 aliphatic heterocycles. The van der Waals surface area contributed by atoms with Gasteiger partial charge in [-0.05, 0) is 87.6 Å². The van der Waals surface area contributed by atoms with E-state index in [-0.39, 0.29) is 23.6 Å². The number of hydrogen-bond acceptors (Lipinski definition) is 4. The van der Waals surface area contributed by atoms with Crippen LogP contribution in [-0.4, -0.2) is 44.8 Å². The smallest absolute Gasteiger partial charge is 0.387 e. The topological polar surface area (TPSA) is 67.1 Å². The van der Waals surface area contributed by atoms with Gasteiger partial charge in [0.05, 0.1) is 22.9 Å². The van der Waals surface area contributed by atoms with E-state index in [1.165, 1.54) is 11.6 Å². The molecule has 2 unspecified atom stereocenters. The maximum atomic E-state index is 13.3. The summed E-state index contributed by atoms with van der Waals surface area (Å²) in [5, 5.41) is 15.3. The normalized spacial score (nSPS) is 25.8. The molecule has 6 nitrogen and oxygen atoms in total. The van der Waals surface area contributed by atoms with Crippen molar-refractivity contribution in [2.24, 2.45) is 5.92 Å². The average Bonchev–Trinajstić information content (AvgIpc) is 3.36. The van der Waals surface area contributed by atoms with Gasteiger partial charge in [0, 0.05) is 35.9 Å². The van der Waals surface area contributed by atoms with Gasteiger partial charge in [-0.1, -0.05) is 6.07 Å². The third-order valence-electron chi connectivity index (χ3n) is 8.70. The highest BCUT2D eigenvalue weighted by Gasteiger charge is 2.46. The summed E-state index contributed by atoms with van der Waals surface area (Å²) >= 11 is 0. The van der Waals surface area contributed by atoms with Crippen molar-refractivity contribution in [3.8, 4) is 5.75 Å². The Labute approximate surface area is 208 Å². The van der Waals surface area contributed by atoms with Crippen LogP contribution in [0.25, 0.3) is 5.52 Å². The molecule has 36 heavy (non-hydrogen) atoms. The standard InChI is InChI=1S/C28H31F2N3O3/c1-28(2,35)17-9-7-15(8-10-17)16-11-12-33-20(13-16)24-19-14-21(25(24)31-33)32(3)26(34)18-5-4-6-22(23(18)19)36-27(29)30/h4-6,11-13,15,17,19,21,27,35H,7-10,14H2,1-3H3. The first-order chi connectivity index (χ1) is 17.1. The summed E-state index contributed by atoms with van der Waals surface area (Å²) in [6, 6.07) is 8.90. The first-order valence-corrected chi connectivity index (χ1v) is 12.7. The van der Waals surface area contributed by atoms with Crippen molar-refractivity contribution < 1.29 is 23.4 Å². The fraction of sp³-hybridized carbons (Fsp3) is 0.500. The van der Waals surface area contributed by atoms with Crippen LogP contribution < -0.4 is 4.74 Å². The van der Waals surface area contributed by atoms with Crippen LogP contribution in [-0.2, 0) is 0 Å². The molecule has 3 aliphatic rings. The Morgan fingerprint density at radius 2 is 1.89 bits per heavy atom. The molecule has 0 spiro atoms. The molecule has 2 bridgehead atoms. The third kappa shape index (κ3) is 3.60. The number of ether oxygens (including phenoxy) is 1. The molecule has 1 N–H and O–H groups in total. The van der Waals surface area contributed by atoms with Crippen molar-refractivity contribution in [3.05, 3.63) is 64.5 Å². The minimum atomic E-state index is -2.97. The van der Waals surface area contributed by atoms with Crippen LogP contribution in [0.1, 0.15) is 96.6 Å². The molecule has 8 heteroatoms. The summed E-state index contributed by atoms with van der Waals surface area (Å²) in [6.45, 7) is 0.816. The summed E-state index contributed by atoms with van der Waals surface area (Å²) in [6.07, 6.45) is 6.56. The highest BCUT2D eigenvalue weighted by molar-refractivity contribution is 5.98. The molecule has 1 amide bonds. The Hall–Kier alpha value is -3.00. The van der Waals surface area contributed by atoms with Gasteiger partial charge in [-0.15, -0.1) is 0 Å². The molecule has 1 saturated carbocycles. The minimum absolute atomic E-state index is 0.0585. The van der Waals surface area contributed by atoms with Gasteiger partial charge in [0.15, 0.2) is 0 Å². The number of aromatic nitrogens is 2. The third-order valence-corrected chi connectivity index (χ3v) is 8.70. The van der Waals surface area contributed by atoms with E-state index >= 15 is 0 Å². The number of rotatable bonds is 4. The van der Waals surface area contributed by atoms with Gasteiger partial charge in [0.2, 0.25) is 0 Å². The molecule has 6 rings (SSSR count). The predicted octanol–water partition coefficient (Wildman–Crippen LogP) is 5.64. The van der Waals surface area contributed by atoms with Gasteiger partial charge in [0.1, 0.15) is 5.75 Å². The molecule has 1 aromatic carbocycles. The summed E-state index contributed by atoms with van der Waals surface area (Å²) in [4.78, 5) is 15.0. The second-order valence-corrected chi connectivity index (χ2v) is 11.1.